The summed E-state index contributed by atoms with van der Waals surface area (Å²) in [5, 5.41) is 4.09. The topological polar surface area (TPSA) is 47.8 Å². The van der Waals surface area contributed by atoms with Crippen LogP contribution in [0.3, 0.4) is 0 Å². The maximum absolute atomic E-state index is 13.7. The Bertz CT molecular complexity index is 625. The van der Waals surface area contributed by atoms with Crippen LogP contribution in [0.15, 0.2) is 29.0 Å². The van der Waals surface area contributed by atoms with E-state index in [1.807, 2.05) is 0 Å². The van der Waals surface area contributed by atoms with Gasteiger partial charge in [0.1, 0.15) is 18.0 Å². The monoisotopic (exact) mass is 339 g/mol. The first kappa shape index (κ1) is 14.8. The molecule has 0 aliphatic heterocycles. The average Bonchev–Trinajstić information content (AvgIpc) is 2.78. The number of carbonyl (C=O) groups is 1. The summed E-state index contributed by atoms with van der Waals surface area (Å²) in [5.41, 5.74) is 0.0680. The Morgan fingerprint density at radius 3 is 2.90 bits per heavy atom. The minimum atomic E-state index is -0.520. The van der Waals surface area contributed by atoms with Crippen LogP contribution in [0, 0.1) is 11.7 Å². The molecule has 0 spiro atoms. The van der Waals surface area contributed by atoms with Crippen LogP contribution in [0.25, 0.3) is 0 Å². The van der Waals surface area contributed by atoms with Crippen molar-refractivity contribution in [3.05, 3.63) is 46.2 Å². The minimum absolute atomic E-state index is 0.0418. The van der Waals surface area contributed by atoms with Gasteiger partial charge >= 0.3 is 0 Å². The molecule has 1 aromatic carbocycles. The molecule has 0 amide bonds. The van der Waals surface area contributed by atoms with Gasteiger partial charge in [-0.1, -0.05) is 29.8 Å². The van der Waals surface area contributed by atoms with Crippen molar-refractivity contribution in [3.63, 3.8) is 0 Å². The predicted molar refractivity (Wildman–Crippen MR) is 77.0 cm³/mol. The normalized spacial score (nSPS) is 11.1. The zero-order chi connectivity index (χ0) is 14.7. The van der Waals surface area contributed by atoms with E-state index in [4.69, 9.17) is 0 Å². The van der Waals surface area contributed by atoms with Gasteiger partial charge in [-0.2, -0.15) is 5.10 Å². The van der Waals surface area contributed by atoms with Crippen LogP contribution in [0.4, 0.5) is 4.39 Å². The summed E-state index contributed by atoms with van der Waals surface area (Å²) >= 11 is 3.24. The van der Waals surface area contributed by atoms with E-state index in [0.717, 1.165) is 0 Å². The first-order valence-electron chi connectivity index (χ1n) is 6.32. The van der Waals surface area contributed by atoms with Crippen LogP contribution in [0.5, 0.6) is 0 Å². The Balaban J connectivity index is 2.20. The number of nitrogens with zero attached hydrogens (tertiary/aromatic N) is 3. The molecule has 1 heterocycles. The van der Waals surface area contributed by atoms with E-state index in [0.29, 0.717) is 22.8 Å². The quantitative estimate of drug-likeness (QED) is 0.785. The molecule has 0 saturated carbocycles. The molecule has 0 atom stereocenters. The molecular formula is C14H15BrFN3O. The molecule has 0 N–H and O–H groups in total. The predicted octanol–water partition coefficient (Wildman–Crippen LogP) is 3.26. The number of Topliss-reactive ketones (excluding diaryl/α,β-unsaturated/α-hetero) is 1. The van der Waals surface area contributed by atoms with Crippen molar-refractivity contribution in [3.8, 4) is 0 Å². The molecule has 0 aliphatic rings. The molecule has 106 valence electrons. The standard InChI is InChI=1S/C14H15BrFN3O/c1-9(2)7-19-14(17-8-18-19)6-13(20)11-5-10(15)3-4-12(11)16/h3-5,8-9H,6-7H2,1-2H3. The Labute approximate surface area is 125 Å². The molecule has 0 radical (unpaired) electrons. The second-order valence-electron chi connectivity index (χ2n) is 4.98. The van der Waals surface area contributed by atoms with Crippen LogP contribution in [-0.4, -0.2) is 20.5 Å². The van der Waals surface area contributed by atoms with Gasteiger partial charge in [0, 0.05) is 11.0 Å². The van der Waals surface area contributed by atoms with Crippen molar-refractivity contribution in [2.24, 2.45) is 5.92 Å². The molecule has 2 rings (SSSR count). The zero-order valence-corrected chi connectivity index (χ0v) is 12.9. The van der Waals surface area contributed by atoms with Crippen molar-refractivity contribution in [2.75, 3.05) is 0 Å². The van der Waals surface area contributed by atoms with Gasteiger partial charge in [0.15, 0.2) is 5.78 Å². The smallest absolute Gasteiger partial charge is 0.173 e. The highest BCUT2D eigenvalue weighted by molar-refractivity contribution is 9.10. The maximum Gasteiger partial charge on any atom is 0.173 e. The van der Waals surface area contributed by atoms with Gasteiger partial charge in [0.25, 0.3) is 0 Å². The molecule has 6 heteroatoms. The van der Waals surface area contributed by atoms with E-state index in [1.54, 1.807) is 10.7 Å². The van der Waals surface area contributed by atoms with Crippen LogP contribution >= 0.6 is 15.9 Å². The lowest BCUT2D eigenvalue weighted by Gasteiger charge is -2.08. The lowest BCUT2D eigenvalue weighted by atomic mass is 10.1. The Morgan fingerprint density at radius 2 is 2.20 bits per heavy atom. The number of rotatable bonds is 5. The summed E-state index contributed by atoms with van der Waals surface area (Å²) in [6.45, 7) is 4.80. The summed E-state index contributed by atoms with van der Waals surface area (Å²) in [6, 6.07) is 4.32. The summed E-state index contributed by atoms with van der Waals surface area (Å²) in [5.74, 6) is 0.131. The first-order chi connectivity index (χ1) is 9.47. The SMILES string of the molecule is CC(C)Cn1ncnc1CC(=O)c1cc(Br)ccc1F. The third kappa shape index (κ3) is 3.50. The van der Waals surface area contributed by atoms with E-state index in [-0.39, 0.29) is 17.8 Å². The number of hydrogen-bond acceptors (Lipinski definition) is 3. The van der Waals surface area contributed by atoms with Crippen LogP contribution < -0.4 is 0 Å². The molecule has 0 bridgehead atoms. The Kier molecular flexibility index (Phi) is 4.65. The van der Waals surface area contributed by atoms with Crippen LogP contribution in [0.2, 0.25) is 0 Å². The fraction of sp³-hybridized carbons (Fsp3) is 0.357. The van der Waals surface area contributed by atoms with Crippen molar-refractivity contribution in [1.82, 2.24) is 14.8 Å². The second-order valence-corrected chi connectivity index (χ2v) is 5.89. The van der Waals surface area contributed by atoms with Gasteiger partial charge in [0.2, 0.25) is 0 Å². The van der Waals surface area contributed by atoms with Crippen molar-refractivity contribution in [1.29, 1.82) is 0 Å². The van der Waals surface area contributed by atoms with Gasteiger partial charge in [-0.3, -0.25) is 4.79 Å². The lowest BCUT2D eigenvalue weighted by molar-refractivity contribution is 0.0985. The summed E-state index contributed by atoms with van der Waals surface area (Å²) in [7, 11) is 0. The molecule has 1 aromatic heterocycles. The van der Waals surface area contributed by atoms with E-state index < -0.39 is 5.82 Å². The number of ketones is 1. The average molecular weight is 340 g/mol. The Hall–Kier alpha value is -1.56. The zero-order valence-electron chi connectivity index (χ0n) is 11.3. The highest BCUT2D eigenvalue weighted by Gasteiger charge is 2.16. The van der Waals surface area contributed by atoms with Crippen molar-refractivity contribution < 1.29 is 9.18 Å². The number of halogens is 2. The number of hydrogen-bond donors (Lipinski definition) is 0. The van der Waals surface area contributed by atoms with Gasteiger partial charge in [-0.15, -0.1) is 0 Å². The van der Waals surface area contributed by atoms with Gasteiger partial charge in [-0.05, 0) is 24.1 Å². The molecule has 0 saturated heterocycles. The molecule has 4 nitrogen and oxygen atoms in total. The van der Waals surface area contributed by atoms with Gasteiger partial charge in [-0.25, -0.2) is 14.1 Å². The minimum Gasteiger partial charge on any atom is -0.294 e. The highest BCUT2D eigenvalue weighted by atomic mass is 79.9. The molecular weight excluding hydrogens is 325 g/mol. The summed E-state index contributed by atoms with van der Waals surface area (Å²) in [4.78, 5) is 16.3. The maximum atomic E-state index is 13.7. The summed E-state index contributed by atoms with van der Waals surface area (Å²) in [6.07, 6.45) is 1.46. The van der Waals surface area contributed by atoms with Gasteiger partial charge in [0.05, 0.1) is 12.0 Å². The molecule has 0 unspecified atom stereocenters. The Morgan fingerprint density at radius 1 is 1.45 bits per heavy atom. The van der Waals surface area contributed by atoms with E-state index >= 15 is 0 Å². The van der Waals surface area contributed by atoms with Gasteiger partial charge < -0.3 is 0 Å². The van der Waals surface area contributed by atoms with E-state index in [2.05, 4.69) is 39.9 Å². The third-order valence-corrected chi connectivity index (χ3v) is 3.27. The molecule has 2 aromatic rings. The van der Waals surface area contributed by atoms with Crippen molar-refractivity contribution >= 4 is 21.7 Å². The molecule has 0 fully saturated rings. The summed E-state index contributed by atoms with van der Waals surface area (Å²) < 4.78 is 16.0. The van der Waals surface area contributed by atoms with Crippen LogP contribution in [-0.2, 0) is 13.0 Å². The fourth-order valence-corrected chi connectivity index (χ4v) is 2.23. The van der Waals surface area contributed by atoms with Crippen molar-refractivity contribution in [2.45, 2.75) is 26.8 Å². The fourth-order valence-electron chi connectivity index (χ4n) is 1.87. The highest BCUT2D eigenvalue weighted by Crippen LogP contribution is 2.17. The molecule has 0 aliphatic carbocycles. The number of aromatic nitrogens is 3. The van der Waals surface area contributed by atoms with E-state index in [9.17, 15) is 9.18 Å². The van der Waals surface area contributed by atoms with Crippen LogP contribution in [0.1, 0.15) is 30.0 Å². The lowest BCUT2D eigenvalue weighted by Crippen LogP contribution is -2.15. The molecule has 20 heavy (non-hydrogen) atoms. The number of carbonyl (C=O) groups excluding carboxylic acids is 1. The van der Waals surface area contributed by atoms with E-state index in [1.165, 1.54) is 18.5 Å². The third-order valence-electron chi connectivity index (χ3n) is 2.78. The first-order valence-corrected chi connectivity index (χ1v) is 7.11. The number of benzene rings is 1. The largest absolute Gasteiger partial charge is 0.294 e. The second kappa shape index (κ2) is 6.26.